The molecule has 0 spiro atoms. The van der Waals surface area contributed by atoms with Crippen molar-refractivity contribution in [3.63, 3.8) is 0 Å². The maximum Gasteiger partial charge on any atom is 0.232 e. The Morgan fingerprint density at radius 3 is 2.16 bits per heavy atom. The van der Waals surface area contributed by atoms with Crippen LogP contribution in [0.25, 0.3) is 0 Å². The molecule has 1 aromatic carbocycles. The first-order valence-corrected chi connectivity index (χ1v) is 5.66. The molecule has 0 saturated heterocycles. The Morgan fingerprint density at radius 2 is 1.58 bits per heavy atom. The van der Waals surface area contributed by atoms with E-state index in [1.54, 1.807) is 6.07 Å². The second-order valence-corrected chi connectivity index (χ2v) is 3.98. The SMILES string of the molecule is N#Cc1ccc(Nc2nc(Cl)nc(Cl)n2)cc1C#N. The topological polar surface area (TPSA) is 98.3 Å². The minimum atomic E-state index is -0.0448. The van der Waals surface area contributed by atoms with E-state index < -0.39 is 0 Å². The van der Waals surface area contributed by atoms with Crippen LogP contribution in [0.4, 0.5) is 11.6 Å². The van der Waals surface area contributed by atoms with Crippen LogP contribution in [-0.4, -0.2) is 15.0 Å². The van der Waals surface area contributed by atoms with Gasteiger partial charge in [0, 0.05) is 5.69 Å². The summed E-state index contributed by atoms with van der Waals surface area (Å²) in [5.41, 5.74) is 1.08. The van der Waals surface area contributed by atoms with Crippen LogP contribution >= 0.6 is 23.2 Å². The molecule has 1 N–H and O–H groups in total. The zero-order chi connectivity index (χ0) is 13.8. The van der Waals surface area contributed by atoms with Crippen molar-refractivity contribution < 1.29 is 0 Å². The van der Waals surface area contributed by atoms with Gasteiger partial charge in [-0.15, -0.1) is 0 Å². The van der Waals surface area contributed by atoms with Crippen molar-refractivity contribution in [2.45, 2.75) is 0 Å². The Bertz CT molecular complexity index is 696. The highest BCUT2D eigenvalue weighted by molar-refractivity contribution is 6.31. The summed E-state index contributed by atoms with van der Waals surface area (Å²) in [5, 5.41) is 20.5. The molecule has 8 heteroatoms. The van der Waals surface area contributed by atoms with E-state index in [-0.39, 0.29) is 22.1 Å². The van der Waals surface area contributed by atoms with Gasteiger partial charge in [-0.1, -0.05) is 0 Å². The van der Waals surface area contributed by atoms with E-state index in [1.165, 1.54) is 12.1 Å². The van der Waals surface area contributed by atoms with Crippen molar-refractivity contribution in [3.8, 4) is 12.1 Å². The summed E-state index contributed by atoms with van der Waals surface area (Å²) in [7, 11) is 0. The Labute approximate surface area is 118 Å². The second-order valence-electron chi connectivity index (χ2n) is 3.31. The van der Waals surface area contributed by atoms with Gasteiger partial charge in [-0.25, -0.2) is 0 Å². The Morgan fingerprint density at radius 1 is 0.947 bits per heavy atom. The largest absolute Gasteiger partial charge is 0.324 e. The molecule has 2 rings (SSSR count). The van der Waals surface area contributed by atoms with Crippen LogP contribution in [0.1, 0.15) is 11.1 Å². The van der Waals surface area contributed by atoms with E-state index in [0.717, 1.165) is 0 Å². The summed E-state index contributed by atoms with van der Waals surface area (Å²) >= 11 is 11.3. The number of nitrogens with zero attached hydrogens (tertiary/aromatic N) is 5. The third kappa shape index (κ3) is 3.08. The second kappa shape index (κ2) is 5.49. The Hall–Kier alpha value is -2.41. The van der Waals surface area contributed by atoms with E-state index in [2.05, 4.69) is 20.3 Å². The lowest BCUT2D eigenvalue weighted by atomic mass is 10.1. The third-order valence-corrected chi connectivity index (χ3v) is 2.44. The zero-order valence-electron chi connectivity index (χ0n) is 9.22. The van der Waals surface area contributed by atoms with Crippen molar-refractivity contribution >= 4 is 34.8 Å². The Balaban J connectivity index is 2.34. The van der Waals surface area contributed by atoms with Gasteiger partial charge in [0.2, 0.25) is 16.5 Å². The fourth-order valence-electron chi connectivity index (χ4n) is 1.32. The maximum absolute atomic E-state index is 8.92. The highest BCUT2D eigenvalue weighted by atomic mass is 35.5. The number of nitrogens with one attached hydrogen (secondary N) is 1. The number of nitriles is 2. The molecule has 2 aromatic rings. The van der Waals surface area contributed by atoms with Crippen molar-refractivity contribution in [3.05, 3.63) is 39.9 Å². The molecule has 19 heavy (non-hydrogen) atoms. The summed E-state index contributed by atoms with van der Waals surface area (Å²) in [6.07, 6.45) is 0. The molecule has 1 heterocycles. The van der Waals surface area contributed by atoms with E-state index in [1.807, 2.05) is 12.1 Å². The van der Waals surface area contributed by atoms with Crippen LogP contribution in [0.2, 0.25) is 10.6 Å². The zero-order valence-corrected chi connectivity index (χ0v) is 10.7. The fraction of sp³-hybridized carbons (Fsp3) is 0. The number of hydrogen-bond donors (Lipinski definition) is 1. The minimum absolute atomic E-state index is 0.0448. The molecule has 0 aliphatic carbocycles. The quantitative estimate of drug-likeness (QED) is 0.913. The van der Waals surface area contributed by atoms with Crippen LogP contribution in [0.3, 0.4) is 0 Å². The molecule has 92 valence electrons. The smallest absolute Gasteiger partial charge is 0.232 e. The number of anilines is 2. The molecule has 0 bridgehead atoms. The van der Waals surface area contributed by atoms with Crippen LogP contribution in [0, 0.1) is 22.7 Å². The van der Waals surface area contributed by atoms with E-state index in [0.29, 0.717) is 11.3 Å². The van der Waals surface area contributed by atoms with E-state index >= 15 is 0 Å². The summed E-state index contributed by atoms with van der Waals surface area (Å²) in [6, 6.07) is 8.49. The molecular formula is C11H4Cl2N6. The van der Waals surface area contributed by atoms with Gasteiger partial charge in [-0.2, -0.15) is 25.5 Å². The standard InChI is InChI=1S/C11H4Cl2N6/c12-9-17-10(13)19-11(18-9)16-8-2-1-6(4-14)7(3-8)5-15/h1-3H,(H,16,17,18,19). The van der Waals surface area contributed by atoms with Gasteiger partial charge in [-0.05, 0) is 41.4 Å². The molecule has 0 amide bonds. The van der Waals surface area contributed by atoms with Crippen LogP contribution in [0.5, 0.6) is 0 Å². The first kappa shape index (κ1) is 13.0. The average molecular weight is 291 g/mol. The van der Waals surface area contributed by atoms with Crippen molar-refractivity contribution in [2.24, 2.45) is 0 Å². The maximum atomic E-state index is 8.92. The molecule has 0 aliphatic heterocycles. The number of hydrogen-bond acceptors (Lipinski definition) is 6. The highest BCUT2D eigenvalue weighted by Gasteiger charge is 2.06. The molecule has 0 atom stereocenters. The third-order valence-electron chi connectivity index (χ3n) is 2.10. The lowest BCUT2D eigenvalue weighted by molar-refractivity contribution is 1.05. The van der Waals surface area contributed by atoms with Crippen molar-refractivity contribution in [2.75, 3.05) is 5.32 Å². The molecule has 0 radical (unpaired) electrons. The monoisotopic (exact) mass is 290 g/mol. The molecule has 0 fully saturated rings. The van der Waals surface area contributed by atoms with Gasteiger partial charge >= 0.3 is 0 Å². The molecular weight excluding hydrogens is 287 g/mol. The summed E-state index contributed by atoms with van der Waals surface area (Å²) in [4.78, 5) is 11.3. The molecule has 0 saturated carbocycles. The van der Waals surface area contributed by atoms with Gasteiger partial charge in [0.1, 0.15) is 12.1 Å². The van der Waals surface area contributed by atoms with E-state index in [9.17, 15) is 0 Å². The van der Waals surface area contributed by atoms with Gasteiger partial charge in [0.25, 0.3) is 0 Å². The van der Waals surface area contributed by atoms with Gasteiger partial charge < -0.3 is 5.32 Å². The number of rotatable bonds is 2. The van der Waals surface area contributed by atoms with Gasteiger partial charge in [0.15, 0.2) is 0 Å². The molecule has 6 nitrogen and oxygen atoms in total. The normalized spacial score (nSPS) is 9.47. The lowest BCUT2D eigenvalue weighted by Gasteiger charge is -2.05. The first-order valence-electron chi connectivity index (χ1n) is 4.90. The summed E-state index contributed by atoms with van der Waals surface area (Å²) in [5.74, 6) is 0.151. The highest BCUT2D eigenvalue weighted by Crippen LogP contribution is 2.19. The summed E-state index contributed by atoms with van der Waals surface area (Å²) < 4.78 is 0. The molecule has 0 unspecified atom stereocenters. The summed E-state index contributed by atoms with van der Waals surface area (Å²) in [6.45, 7) is 0. The predicted octanol–water partition coefficient (Wildman–Crippen LogP) is 2.67. The first-order chi connectivity index (χ1) is 9.12. The number of halogens is 2. The predicted molar refractivity (Wildman–Crippen MR) is 69.0 cm³/mol. The van der Waals surface area contributed by atoms with Crippen molar-refractivity contribution in [1.29, 1.82) is 10.5 Å². The molecule has 0 aliphatic rings. The number of aromatic nitrogens is 3. The van der Waals surface area contributed by atoms with E-state index in [4.69, 9.17) is 33.7 Å². The molecule has 1 aromatic heterocycles. The lowest BCUT2D eigenvalue weighted by Crippen LogP contribution is -2.00. The number of benzene rings is 1. The minimum Gasteiger partial charge on any atom is -0.324 e. The van der Waals surface area contributed by atoms with Crippen LogP contribution in [0.15, 0.2) is 18.2 Å². The van der Waals surface area contributed by atoms with Crippen LogP contribution < -0.4 is 5.32 Å². The fourth-order valence-corrected chi connectivity index (χ4v) is 1.69. The van der Waals surface area contributed by atoms with Gasteiger partial charge in [0.05, 0.1) is 11.1 Å². The Kier molecular flexibility index (Phi) is 3.76. The van der Waals surface area contributed by atoms with Crippen molar-refractivity contribution in [1.82, 2.24) is 15.0 Å². The average Bonchev–Trinajstić information content (AvgIpc) is 2.37. The van der Waals surface area contributed by atoms with Gasteiger partial charge in [-0.3, -0.25) is 0 Å². The van der Waals surface area contributed by atoms with Crippen LogP contribution in [-0.2, 0) is 0 Å².